The summed E-state index contributed by atoms with van der Waals surface area (Å²) < 4.78 is 6.68. The van der Waals surface area contributed by atoms with Crippen LogP contribution >= 0.6 is 0 Å². The topological polar surface area (TPSA) is 67.7 Å². The van der Waals surface area contributed by atoms with Crippen LogP contribution in [-0.2, 0) is 16.1 Å². The molecule has 3 rings (SSSR count). The van der Waals surface area contributed by atoms with Gasteiger partial charge in [0, 0.05) is 44.7 Å². The highest BCUT2D eigenvalue weighted by Crippen LogP contribution is 2.16. The molecule has 22 heavy (non-hydrogen) atoms. The highest BCUT2D eigenvalue weighted by molar-refractivity contribution is 5.77. The van der Waals surface area contributed by atoms with Crippen molar-refractivity contribution in [2.45, 2.75) is 13.5 Å². The summed E-state index contributed by atoms with van der Waals surface area (Å²) in [6, 6.07) is 3.31. The second kappa shape index (κ2) is 6.58. The molecule has 0 saturated carbocycles. The van der Waals surface area contributed by atoms with Crippen LogP contribution in [0.2, 0.25) is 0 Å². The maximum absolute atomic E-state index is 11.7. The van der Waals surface area contributed by atoms with Gasteiger partial charge in [-0.2, -0.15) is 5.10 Å². The maximum Gasteiger partial charge on any atom is 0.266 e. The van der Waals surface area contributed by atoms with Crippen molar-refractivity contribution in [2.75, 3.05) is 45.9 Å². The molecule has 2 aliphatic rings. The van der Waals surface area contributed by atoms with Gasteiger partial charge in [-0.15, -0.1) is 0 Å². The molecule has 0 unspecified atom stereocenters. The van der Waals surface area contributed by atoms with Gasteiger partial charge in [0.25, 0.3) is 5.56 Å². The number of carbonyl (C=O) groups is 1. The predicted molar refractivity (Wildman–Crippen MR) is 80.6 cm³/mol. The Labute approximate surface area is 129 Å². The van der Waals surface area contributed by atoms with E-state index in [4.69, 9.17) is 4.74 Å². The molecule has 2 fully saturated rings. The van der Waals surface area contributed by atoms with Gasteiger partial charge in [-0.05, 0) is 13.0 Å². The van der Waals surface area contributed by atoms with E-state index < -0.39 is 0 Å². The van der Waals surface area contributed by atoms with Gasteiger partial charge in [-0.1, -0.05) is 0 Å². The zero-order valence-electron chi connectivity index (χ0n) is 12.9. The molecule has 0 atom stereocenters. The molecule has 0 spiro atoms. The molecule has 0 aromatic carbocycles. The quantitative estimate of drug-likeness (QED) is 0.723. The fourth-order valence-electron chi connectivity index (χ4n) is 2.95. The number of carbonyl (C=O) groups excluding carboxylic acids is 1. The average Bonchev–Trinajstić information content (AvgIpc) is 2.46. The van der Waals surface area contributed by atoms with Gasteiger partial charge in [0.05, 0.1) is 18.8 Å². The Balaban J connectivity index is 1.41. The lowest BCUT2D eigenvalue weighted by Crippen LogP contribution is -2.53. The summed E-state index contributed by atoms with van der Waals surface area (Å²) in [5.41, 5.74) is 0.824. The van der Waals surface area contributed by atoms with Crippen molar-refractivity contribution in [3.63, 3.8) is 0 Å². The van der Waals surface area contributed by atoms with E-state index in [0.29, 0.717) is 25.6 Å². The van der Waals surface area contributed by atoms with E-state index >= 15 is 0 Å². The van der Waals surface area contributed by atoms with Crippen molar-refractivity contribution < 1.29 is 9.53 Å². The molecule has 2 aliphatic heterocycles. The average molecular weight is 306 g/mol. The minimum absolute atomic E-state index is 0.0389. The highest BCUT2D eigenvalue weighted by atomic mass is 16.5. The van der Waals surface area contributed by atoms with Gasteiger partial charge in [-0.3, -0.25) is 9.59 Å². The lowest BCUT2D eigenvalue weighted by atomic mass is 10.0. The minimum Gasteiger partial charge on any atom is -0.370 e. The lowest BCUT2D eigenvalue weighted by molar-refractivity contribution is -0.143. The van der Waals surface area contributed by atoms with Crippen molar-refractivity contribution in [1.82, 2.24) is 19.6 Å². The summed E-state index contributed by atoms with van der Waals surface area (Å²) in [6.45, 7) is 7.67. The van der Waals surface area contributed by atoms with E-state index in [2.05, 4.69) is 10.00 Å². The van der Waals surface area contributed by atoms with Crippen molar-refractivity contribution in [3.05, 3.63) is 28.2 Å². The maximum atomic E-state index is 11.7. The second-order valence-electron chi connectivity index (χ2n) is 6.05. The SMILES string of the molecule is Cc1ccc(=O)n(CC2CN(CCN3CCOCC3=O)C2)n1. The molecular weight excluding hydrogens is 284 g/mol. The number of amides is 1. The molecule has 1 aromatic rings. The van der Waals surface area contributed by atoms with Gasteiger partial charge in [0.2, 0.25) is 5.91 Å². The number of hydrogen-bond acceptors (Lipinski definition) is 5. The molecule has 1 amide bonds. The summed E-state index contributed by atoms with van der Waals surface area (Å²) in [5.74, 6) is 0.547. The summed E-state index contributed by atoms with van der Waals surface area (Å²) in [7, 11) is 0. The largest absolute Gasteiger partial charge is 0.370 e. The first kappa shape index (κ1) is 15.2. The van der Waals surface area contributed by atoms with Crippen LogP contribution in [0.5, 0.6) is 0 Å². The van der Waals surface area contributed by atoms with E-state index in [1.54, 1.807) is 16.8 Å². The Hall–Kier alpha value is -1.73. The van der Waals surface area contributed by atoms with Gasteiger partial charge in [0.1, 0.15) is 6.61 Å². The van der Waals surface area contributed by atoms with Gasteiger partial charge < -0.3 is 14.5 Å². The van der Waals surface area contributed by atoms with Crippen LogP contribution in [0.3, 0.4) is 0 Å². The van der Waals surface area contributed by atoms with E-state index in [-0.39, 0.29) is 18.1 Å². The van der Waals surface area contributed by atoms with E-state index in [9.17, 15) is 9.59 Å². The normalized spacial score (nSPS) is 20.2. The number of rotatable bonds is 5. The monoisotopic (exact) mass is 306 g/mol. The Kier molecular flexibility index (Phi) is 4.54. The highest BCUT2D eigenvalue weighted by Gasteiger charge is 2.28. The van der Waals surface area contributed by atoms with Crippen molar-refractivity contribution in [1.29, 1.82) is 0 Å². The molecular formula is C15H22N4O3. The molecule has 0 N–H and O–H groups in total. The van der Waals surface area contributed by atoms with Crippen LogP contribution in [0, 0.1) is 12.8 Å². The number of ether oxygens (including phenoxy) is 1. The number of aryl methyl sites for hydroxylation is 1. The number of aromatic nitrogens is 2. The molecule has 0 radical (unpaired) electrons. The van der Waals surface area contributed by atoms with E-state index in [1.165, 1.54) is 0 Å². The number of hydrogen-bond donors (Lipinski definition) is 0. The summed E-state index contributed by atoms with van der Waals surface area (Å²) in [6.07, 6.45) is 0. The minimum atomic E-state index is -0.0389. The van der Waals surface area contributed by atoms with Crippen LogP contribution in [-0.4, -0.2) is 71.4 Å². The number of morpholine rings is 1. The number of likely N-dealkylation sites (tertiary alicyclic amines) is 1. The van der Waals surface area contributed by atoms with Crippen LogP contribution in [0.4, 0.5) is 0 Å². The number of nitrogens with zero attached hydrogens (tertiary/aromatic N) is 4. The van der Waals surface area contributed by atoms with Gasteiger partial charge >= 0.3 is 0 Å². The second-order valence-corrected chi connectivity index (χ2v) is 6.05. The third-order valence-electron chi connectivity index (χ3n) is 4.23. The molecule has 3 heterocycles. The van der Waals surface area contributed by atoms with Crippen LogP contribution in [0.25, 0.3) is 0 Å². The van der Waals surface area contributed by atoms with Gasteiger partial charge in [-0.25, -0.2) is 4.68 Å². The Morgan fingerprint density at radius 2 is 2.09 bits per heavy atom. The van der Waals surface area contributed by atoms with E-state index in [0.717, 1.165) is 31.9 Å². The molecule has 0 aliphatic carbocycles. The third-order valence-corrected chi connectivity index (χ3v) is 4.23. The zero-order chi connectivity index (χ0) is 15.5. The van der Waals surface area contributed by atoms with Gasteiger partial charge in [0.15, 0.2) is 0 Å². The standard InChI is InChI=1S/C15H22N4O3/c1-12-2-3-14(20)19(16-12)10-13-8-17(9-13)4-5-18-6-7-22-11-15(18)21/h2-3,13H,4-11H2,1H3. The predicted octanol–water partition coefficient (Wildman–Crippen LogP) is -0.658. The Morgan fingerprint density at radius 1 is 1.27 bits per heavy atom. The molecule has 0 bridgehead atoms. The fourth-order valence-corrected chi connectivity index (χ4v) is 2.95. The molecule has 120 valence electrons. The van der Waals surface area contributed by atoms with Crippen LogP contribution in [0.1, 0.15) is 5.69 Å². The summed E-state index contributed by atoms with van der Waals surface area (Å²) in [4.78, 5) is 27.5. The first-order valence-corrected chi connectivity index (χ1v) is 7.74. The first-order chi connectivity index (χ1) is 10.6. The first-order valence-electron chi connectivity index (χ1n) is 7.74. The Bertz CT molecular complexity index is 595. The van der Waals surface area contributed by atoms with Crippen LogP contribution < -0.4 is 5.56 Å². The van der Waals surface area contributed by atoms with Crippen molar-refractivity contribution >= 4 is 5.91 Å². The van der Waals surface area contributed by atoms with E-state index in [1.807, 2.05) is 11.8 Å². The summed E-state index contributed by atoms with van der Waals surface area (Å²) in [5, 5.41) is 4.27. The third kappa shape index (κ3) is 3.53. The molecule has 1 aromatic heterocycles. The van der Waals surface area contributed by atoms with Crippen LogP contribution in [0.15, 0.2) is 16.9 Å². The Morgan fingerprint density at radius 3 is 2.86 bits per heavy atom. The summed E-state index contributed by atoms with van der Waals surface area (Å²) >= 11 is 0. The van der Waals surface area contributed by atoms with Crippen molar-refractivity contribution in [2.24, 2.45) is 5.92 Å². The molecule has 7 heteroatoms. The van der Waals surface area contributed by atoms with Crippen molar-refractivity contribution in [3.8, 4) is 0 Å². The smallest absolute Gasteiger partial charge is 0.266 e. The molecule has 7 nitrogen and oxygen atoms in total. The zero-order valence-corrected chi connectivity index (χ0v) is 12.9. The lowest BCUT2D eigenvalue weighted by Gasteiger charge is -2.40. The fraction of sp³-hybridized carbons (Fsp3) is 0.667. The molecule has 2 saturated heterocycles.